The van der Waals surface area contributed by atoms with Gasteiger partial charge >= 0.3 is 5.97 Å². The zero-order valence-electron chi connectivity index (χ0n) is 12.9. The van der Waals surface area contributed by atoms with Crippen LogP contribution in [0, 0.1) is 6.92 Å². The van der Waals surface area contributed by atoms with Crippen molar-refractivity contribution in [3.8, 4) is 5.75 Å². The number of aryl methyl sites for hydroxylation is 1. The third kappa shape index (κ3) is 4.59. The van der Waals surface area contributed by atoms with Gasteiger partial charge in [0, 0.05) is 6.20 Å². The minimum Gasteiger partial charge on any atom is -0.496 e. The number of benzene rings is 1. The number of aromatic nitrogens is 1. The highest BCUT2D eigenvalue weighted by atomic mass is 35.5. The second-order valence-corrected chi connectivity index (χ2v) is 5.66. The molecule has 2 aromatic rings. The van der Waals surface area contributed by atoms with Gasteiger partial charge in [-0.2, -0.15) is 0 Å². The molecule has 0 fully saturated rings. The van der Waals surface area contributed by atoms with Gasteiger partial charge in [-0.25, -0.2) is 9.78 Å². The summed E-state index contributed by atoms with van der Waals surface area (Å²) in [6.45, 7) is 1.34. The van der Waals surface area contributed by atoms with Crippen LogP contribution in [0.1, 0.15) is 15.9 Å². The Morgan fingerprint density at radius 3 is 2.67 bits per heavy atom. The molecule has 0 aliphatic carbocycles. The summed E-state index contributed by atoms with van der Waals surface area (Å²) in [5, 5.41) is 2.96. The van der Waals surface area contributed by atoms with E-state index in [0.29, 0.717) is 10.8 Å². The molecule has 24 heavy (non-hydrogen) atoms. The second kappa shape index (κ2) is 7.99. The number of hydrogen-bond donors (Lipinski definition) is 1. The molecule has 6 nitrogen and oxygen atoms in total. The van der Waals surface area contributed by atoms with E-state index in [1.165, 1.54) is 19.4 Å². The maximum absolute atomic E-state index is 12.1. The van der Waals surface area contributed by atoms with Gasteiger partial charge in [-0.05, 0) is 25.1 Å². The Morgan fingerprint density at radius 2 is 2.00 bits per heavy atom. The molecule has 0 bridgehead atoms. The van der Waals surface area contributed by atoms with Gasteiger partial charge < -0.3 is 14.8 Å². The summed E-state index contributed by atoms with van der Waals surface area (Å²) in [6.07, 6.45) is 1.34. The molecule has 0 spiro atoms. The second-order valence-electron chi connectivity index (χ2n) is 4.81. The van der Waals surface area contributed by atoms with E-state index >= 15 is 0 Å². The van der Waals surface area contributed by atoms with Crippen molar-refractivity contribution in [2.24, 2.45) is 0 Å². The molecule has 8 heteroatoms. The number of carbonyl (C=O) groups excluding carboxylic acids is 2. The molecule has 0 aliphatic rings. The molecule has 0 atom stereocenters. The standard InChI is InChI=1S/C16H14Cl2N2O4/c1-9-3-4-13(23-2)11(5-9)16(22)24-8-14(21)20-15-12(18)6-10(17)7-19-15/h3-7H,8H2,1-2H3,(H,19,20,21). The lowest BCUT2D eigenvalue weighted by Gasteiger charge is -2.10. The first-order chi connectivity index (χ1) is 11.4. The topological polar surface area (TPSA) is 77.5 Å². The summed E-state index contributed by atoms with van der Waals surface area (Å²) in [6, 6.07) is 6.52. The number of anilines is 1. The van der Waals surface area contributed by atoms with Crippen molar-refractivity contribution in [1.29, 1.82) is 0 Å². The zero-order valence-corrected chi connectivity index (χ0v) is 14.4. The highest BCUT2D eigenvalue weighted by Gasteiger charge is 2.16. The highest BCUT2D eigenvalue weighted by Crippen LogP contribution is 2.23. The average molecular weight is 369 g/mol. The number of esters is 1. The highest BCUT2D eigenvalue weighted by molar-refractivity contribution is 6.36. The number of rotatable bonds is 5. The summed E-state index contributed by atoms with van der Waals surface area (Å²) in [5.74, 6) is -0.740. The minimum absolute atomic E-state index is 0.134. The quantitative estimate of drug-likeness (QED) is 0.817. The predicted molar refractivity (Wildman–Crippen MR) is 90.9 cm³/mol. The van der Waals surface area contributed by atoms with Crippen molar-refractivity contribution in [2.45, 2.75) is 6.92 Å². The lowest BCUT2D eigenvalue weighted by molar-refractivity contribution is -0.119. The van der Waals surface area contributed by atoms with E-state index in [1.807, 2.05) is 6.92 Å². The minimum atomic E-state index is -0.666. The van der Waals surface area contributed by atoms with Crippen molar-refractivity contribution in [2.75, 3.05) is 19.0 Å². The molecule has 1 aromatic carbocycles. The largest absolute Gasteiger partial charge is 0.496 e. The van der Waals surface area contributed by atoms with Gasteiger partial charge in [-0.15, -0.1) is 0 Å². The first-order valence-electron chi connectivity index (χ1n) is 6.83. The van der Waals surface area contributed by atoms with Crippen LogP contribution in [0.3, 0.4) is 0 Å². The molecular formula is C16H14Cl2N2O4. The van der Waals surface area contributed by atoms with E-state index in [2.05, 4.69) is 10.3 Å². The number of nitrogens with zero attached hydrogens (tertiary/aromatic N) is 1. The molecule has 126 valence electrons. The van der Waals surface area contributed by atoms with Gasteiger partial charge in [-0.1, -0.05) is 34.8 Å². The van der Waals surface area contributed by atoms with Crippen LogP contribution in [0.4, 0.5) is 5.82 Å². The Hall–Kier alpha value is -2.31. The molecule has 0 aliphatic heterocycles. The molecule has 1 N–H and O–H groups in total. The number of ether oxygens (including phenoxy) is 2. The van der Waals surface area contributed by atoms with Crippen LogP contribution in [0.2, 0.25) is 10.0 Å². The molecule has 0 radical (unpaired) electrons. The van der Waals surface area contributed by atoms with Crippen LogP contribution in [0.25, 0.3) is 0 Å². The van der Waals surface area contributed by atoms with Crippen LogP contribution in [0.5, 0.6) is 5.75 Å². The Morgan fingerprint density at radius 1 is 1.25 bits per heavy atom. The third-order valence-corrected chi connectivity index (χ3v) is 3.47. The maximum Gasteiger partial charge on any atom is 0.342 e. The summed E-state index contributed by atoms with van der Waals surface area (Å²) in [7, 11) is 1.45. The smallest absolute Gasteiger partial charge is 0.342 e. The predicted octanol–water partition coefficient (Wildman–Crippen LogP) is 3.50. The summed E-state index contributed by atoms with van der Waals surface area (Å²) in [4.78, 5) is 27.8. The normalized spacial score (nSPS) is 10.2. The fourth-order valence-electron chi connectivity index (χ4n) is 1.86. The molecule has 0 saturated heterocycles. The Balaban J connectivity index is 1.99. The van der Waals surface area contributed by atoms with E-state index in [4.69, 9.17) is 32.7 Å². The van der Waals surface area contributed by atoms with Crippen molar-refractivity contribution >= 4 is 40.9 Å². The van der Waals surface area contributed by atoms with Crippen molar-refractivity contribution in [1.82, 2.24) is 4.98 Å². The fourth-order valence-corrected chi connectivity index (χ4v) is 2.29. The molecule has 1 heterocycles. The monoisotopic (exact) mass is 368 g/mol. The summed E-state index contributed by atoms with van der Waals surface area (Å²) in [5.41, 5.74) is 1.11. The Bertz CT molecular complexity index is 781. The van der Waals surface area contributed by atoms with Crippen LogP contribution in [-0.2, 0) is 9.53 Å². The molecular weight excluding hydrogens is 355 g/mol. The number of methoxy groups -OCH3 is 1. The SMILES string of the molecule is COc1ccc(C)cc1C(=O)OCC(=O)Nc1ncc(Cl)cc1Cl. The number of amides is 1. The van der Waals surface area contributed by atoms with Crippen molar-refractivity contribution in [3.63, 3.8) is 0 Å². The number of nitrogens with one attached hydrogen (secondary N) is 1. The van der Waals surface area contributed by atoms with Gasteiger partial charge in [0.2, 0.25) is 0 Å². The van der Waals surface area contributed by atoms with E-state index in [1.54, 1.807) is 18.2 Å². The van der Waals surface area contributed by atoms with Crippen LogP contribution in [-0.4, -0.2) is 30.6 Å². The molecule has 2 rings (SSSR count). The molecule has 0 saturated carbocycles. The lowest BCUT2D eigenvalue weighted by atomic mass is 10.1. The number of halogens is 2. The average Bonchev–Trinajstić information content (AvgIpc) is 2.55. The van der Waals surface area contributed by atoms with E-state index in [-0.39, 0.29) is 16.4 Å². The summed E-state index contributed by atoms with van der Waals surface area (Å²) >= 11 is 11.6. The van der Waals surface area contributed by atoms with Gasteiger partial charge in [-0.3, -0.25) is 4.79 Å². The number of carbonyl (C=O) groups is 2. The third-order valence-electron chi connectivity index (χ3n) is 2.97. The van der Waals surface area contributed by atoms with Gasteiger partial charge in [0.15, 0.2) is 12.4 Å². The number of pyridine rings is 1. The zero-order chi connectivity index (χ0) is 17.7. The van der Waals surface area contributed by atoms with Crippen molar-refractivity contribution < 1.29 is 19.1 Å². The number of hydrogen-bond acceptors (Lipinski definition) is 5. The first kappa shape index (κ1) is 18.0. The van der Waals surface area contributed by atoms with Gasteiger partial charge in [0.05, 0.1) is 17.2 Å². The van der Waals surface area contributed by atoms with E-state index in [9.17, 15) is 9.59 Å². The van der Waals surface area contributed by atoms with E-state index < -0.39 is 18.5 Å². The van der Waals surface area contributed by atoms with Crippen LogP contribution >= 0.6 is 23.2 Å². The molecule has 1 amide bonds. The Kier molecular flexibility index (Phi) is 6.00. The Labute approximate surface area is 148 Å². The van der Waals surface area contributed by atoms with Gasteiger partial charge in [0.25, 0.3) is 5.91 Å². The van der Waals surface area contributed by atoms with Crippen LogP contribution in [0.15, 0.2) is 30.5 Å². The lowest BCUT2D eigenvalue weighted by Crippen LogP contribution is -2.22. The first-order valence-corrected chi connectivity index (χ1v) is 7.59. The molecule has 1 aromatic heterocycles. The van der Waals surface area contributed by atoms with E-state index in [0.717, 1.165) is 5.56 Å². The van der Waals surface area contributed by atoms with Crippen LogP contribution < -0.4 is 10.1 Å². The van der Waals surface area contributed by atoms with Gasteiger partial charge in [0.1, 0.15) is 11.3 Å². The maximum atomic E-state index is 12.1. The van der Waals surface area contributed by atoms with Crippen molar-refractivity contribution in [3.05, 3.63) is 51.6 Å². The summed E-state index contributed by atoms with van der Waals surface area (Å²) < 4.78 is 10.1. The molecule has 0 unspecified atom stereocenters. The fraction of sp³-hybridized carbons (Fsp3) is 0.188.